The molecule has 0 saturated heterocycles. The lowest BCUT2D eigenvalue weighted by Crippen LogP contribution is -2.11. The van der Waals surface area contributed by atoms with Gasteiger partial charge in [-0.15, -0.1) is 0 Å². The molecule has 0 aliphatic carbocycles. The van der Waals surface area contributed by atoms with Gasteiger partial charge >= 0.3 is 0 Å². The van der Waals surface area contributed by atoms with Gasteiger partial charge in [0.1, 0.15) is 5.65 Å². The highest BCUT2D eigenvalue weighted by Crippen LogP contribution is 2.31. The van der Waals surface area contributed by atoms with E-state index in [2.05, 4.69) is 43.7 Å². The maximum atomic E-state index is 4.32. The summed E-state index contributed by atoms with van der Waals surface area (Å²) in [7, 11) is 0. The number of fused-ring (bicyclic) bond motifs is 1. The van der Waals surface area contributed by atoms with Crippen LogP contribution in [0.5, 0.6) is 0 Å². The van der Waals surface area contributed by atoms with Gasteiger partial charge in [0.2, 0.25) is 0 Å². The molecule has 0 aliphatic rings. The van der Waals surface area contributed by atoms with Crippen molar-refractivity contribution < 1.29 is 0 Å². The normalized spacial score (nSPS) is 12.3. The van der Waals surface area contributed by atoms with E-state index in [9.17, 15) is 0 Å². The molecule has 0 saturated carbocycles. The Morgan fingerprint density at radius 3 is 2.64 bits per heavy atom. The van der Waals surface area contributed by atoms with Crippen molar-refractivity contribution in [2.45, 2.75) is 33.1 Å². The van der Waals surface area contributed by atoms with Crippen molar-refractivity contribution in [2.75, 3.05) is 0 Å². The number of rotatable bonds is 0. The summed E-state index contributed by atoms with van der Waals surface area (Å²) in [6.45, 7) is 8.81. The Hall–Kier alpha value is -1.31. The van der Waals surface area contributed by atoms with E-state index < -0.39 is 0 Å². The first-order valence-corrected chi connectivity index (χ1v) is 4.94. The predicted octanol–water partition coefficient (Wildman–Crippen LogP) is 3.17. The molecule has 0 fully saturated rings. The van der Waals surface area contributed by atoms with Gasteiger partial charge in [0.05, 0.1) is 0 Å². The van der Waals surface area contributed by atoms with Crippen LogP contribution in [0.3, 0.4) is 0 Å². The zero-order valence-electron chi connectivity index (χ0n) is 9.18. The first-order valence-electron chi connectivity index (χ1n) is 4.94. The van der Waals surface area contributed by atoms with Gasteiger partial charge in [0.25, 0.3) is 0 Å². The van der Waals surface area contributed by atoms with Crippen LogP contribution in [0.2, 0.25) is 0 Å². The number of nitrogens with zero attached hydrogens (tertiary/aromatic N) is 1. The summed E-state index contributed by atoms with van der Waals surface area (Å²) in [5.41, 5.74) is 3.77. The van der Waals surface area contributed by atoms with E-state index in [4.69, 9.17) is 0 Å². The maximum Gasteiger partial charge on any atom is 0.137 e. The molecule has 1 N–H and O–H groups in total. The molecule has 2 nitrogen and oxygen atoms in total. The molecule has 0 aliphatic heterocycles. The molecule has 0 amide bonds. The second-order valence-corrected chi connectivity index (χ2v) is 4.77. The van der Waals surface area contributed by atoms with Gasteiger partial charge in [-0.1, -0.05) is 20.8 Å². The minimum atomic E-state index is 0.172. The van der Waals surface area contributed by atoms with E-state index in [1.54, 1.807) is 0 Å². The van der Waals surface area contributed by atoms with E-state index in [1.807, 2.05) is 12.3 Å². The van der Waals surface area contributed by atoms with E-state index in [0.717, 1.165) is 5.65 Å². The zero-order chi connectivity index (χ0) is 10.3. The predicted molar refractivity (Wildman–Crippen MR) is 59.5 cm³/mol. The standard InChI is InChI=1S/C12H16N2/c1-8-10(12(2,3)4)9-6-5-7-13-11(9)14-8/h5-7H,1-4H3,(H,13,14). The average Bonchev–Trinajstić information content (AvgIpc) is 2.38. The molecule has 2 aromatic heterocycles. The van der Waals surface area contributed by atoms with Gasteiger partial charge in [0, 0.05) is 17.3 Å². The summed E-state index contributed by atoms with van der Waals surface area (Å²) in [6.07, 6.45) is 1.82. The highest BCUT2D eigenvalue weighted by molar-refractivity contribution is 5.82. The van der Waals surface area contributed by atoms with Crippen LogP contribution in [0.1, 0.15) is 32.0 Å². The maximum absolute atomic E-state index is 4.32. The number of aromatic nitrogens is 2. The van der Waals surface area contributed by atoms with Crippen LogP contribution in [0.15, 0.2) is 18.3 Å². The number of hydrogen-bond donors (Lipinski definition) is 1. The summed E-state index contributed by atoms with van der Waals surface area (Å²) in [4.78, 5) is 7.64. The molecule has 14 heavy (non-hydrogen) atoms. The topological polar surface area (TPSA) is 28.7 Å². The molecule has 74 valence electrons. The van der Waals surface area contributed by atoms with Gasteiger partial charge in [-0.25, -0.2) is 4.98 Å². The molecular formula is C12H16N2. The largest absolute Gasteiger partial charge is 0.343 e. The monoisotopic (exact) mass is 188 g/mol. The number of nitrogens with one attached hydrogen (secondary N) is 1. The smallest absolute Gasteiger partial charge is 0.137 e. The minimum absolute atomic E-state index is 0.172. The van der Waals surface area contributed by atoms with Crippen LogP contribution in [-0.4, -0.2) is 9.97 Å². The first-order chi connectivity index (χ1) is 6.50. The fraction of sp³-hybridized carbons (Fsp3) is 0.417. The second kappa shape index (κ2) is 2.84. The highest BCUT2D eigenvalue weighted by atomic mass is 14.9. The molecule has 0 bridgehead atoms. The van der Waals surface area contributed by atoms with Crippen molar-refractivity contribution in [3.8, 4) is 0 Å². The first kappa shape index (κ1) is 9.25. The average molecular weight is 188 g/mol. The molecule has 0 radical (unpaired) electrons. The molecule has 2 heteroatoms. The number of pyridine rings is 1. The quantitative estimate of drug-likeness (QED) is 0.676. The number of aromatic amines is 1. The molecular weight excluding hydrogens is 172 g/mol. The minimum Gasteiger partial charge on any atom is -0.343 e. The van der Waals surface area contributed by atoms with Crippen LogP contribution < -0.4 is 0 Å². The summed E-state index contributed by atoms with van der Waals surface area (Å²) < 4.78 is 0. The van der Waals surface area contributed by atoms with Crippen LogP contribution in [0.4, 0.5) is 0 Å². The van der Waals surface area contributed by atoms with Gasteiger partial charge in [0.15, 0.2) is 0 Å². The molecule has 2 aromatic rings. The fourth-order valence-electron chi connectivity index (χ4n) is 2.12. The number of hydrogen-bond acceptors (Lipinski definition) is 1. The third-order valence-corrected chi connectivity index (χ3v) is 2.51. The van der Waals surface area contributed by atoms with E-state index in [0.29, 0.717) is 0 Å². The van der Waals surface area contributed by atoms with Crippen LogP contribution in [0, 0.1) is 6.92 Å². The van der Waals surface area contributed by atoms with Gasteiger partial charge in [-0.3, -0.25) is 0 Å². The van der Waals surface area contributed by atoms with Crippen molar-refractivity contribution >= 4 is 11.0 Å². The van der Waals surface area contributed by atoms with Gasteiger partial charge in [-0.05, 0) is 30.0 Å². The van der Waals surface area contributed by atoms with Crippen LogP contribution in [0.25, 0.3) is 11.0 Å². The van der Waals surface area contributed by atoms with Crippen molar-refractivity contribution in [1.29, 1.82) is 0 Å². The van der Waals surface area contributed by atoms with Gasteiger partial charge in [-0.2, -0.15) is 0 Å². The summed E-state index contributed by atoms with van der Waals surface area (Å²) in [5.74, 6) is 0. The summed E-state index contributed by atoms with van der Waals surface area (Å²) in [6, 6.07) is 4.12. The Morgan fingerprint density at radius 2 is 2.00 bits per heavy atom. The zero-order valence-corrected chi connectivity index (χ0v) is 9.18. The van der Waals surface area contributed by atoms with Crippen LogP contribution in [-0.2, 0) is 5.41 Å². The Morgan fingerprint density at radius 1 is 1.29 bits per heavy atom. The molecule has 0 atom stereocenters. The van der Waals surface area contributed by atoms with Crippen LogP contribution >= 0.6 is 0 Å². The van der Waals surface area contributed by atoms with Crippen molar-refractivity contribution in [3.05, 3.63) is 29.6 Å². The lowest BCUT2D eigenvalue weighted by atomic mass is 9.85. The molecule has 0 spiro atoms. The third-order valence-electron chi connectivity index (χ3n) is 2.51. The highest BCUT2D eigenvalue weighted by Gasteiger charge is 2.21. The lowest BCUT2D eigenvalue weighted by Gasteiger charge is -2.19. The van der Waals surface area contributed by atoms with Crippen molar-refractivity contribution in [3.63, 3.8) is 0 Å². The molecule has 0 unspecified atom stereocenters. The fourth-order valence-corrected chi connectivity index (χ4v) is 2.12. The Labute approximate surface area is 84.4 Å². The molecule has 2 rings (SSSR count). The number of H-pyrrole nitrogens is 1. The van der Waals surface area contributed by atoms with Crippen molar-refractivity contribution in [1.82, 2.24) is 9.97 Å². The number of aryl methyl sites for hydroxylation is 1. The second-order valence-electron chi connectivity index (χ2n) is 4.77. The van der Waals surface area contributed by atoms with Crippen molar-refractivity contribution in [2.24, 2.45) is 0 Å². The lowest BCUT2D eigenvalue weighted by molar-refractivity contribution is 0.591. The SMILES string of the molecule is Cc1[nH]c2ncccc2c1C(C)(C)C. The molecule has 2 heterocycles. The third kappa shape index (κ3) is 1.31. The molecule has 0 aromatic carbocycles. The van der Waals surface area contributed by atoms with Gasteiger partial charge < -0.3 is 4.98 Å². The van der Waals surface area contributed by atoms with E-state index in [-0.39, 0.29) is 5.41 Å². The Balaban J connectivity index is 2.81. The van der Waals surface area contributed by atoms with E-state index >= 15 is 0 Å². The summed E-state index contributed by atoms with van der Waals surface area (Å²) >= 11 is 0. The Bertz CT molecular complexity index is 461. The summed E-state index contributed by atoms with van der Waals surface area (Å²) in [5, 5.41) is 1.25. The van der Waals surface area contributed by atoms with E-state index in [1.165, 1.54) is 16.6 Å². The Kier molecular flexibility index (Phi) is 1.88.